The molecule has 78 valence electrons. The fourth-order valence-corrected chi connectivity index (χ4v) is 1.11. The molecular formula is C8H10F2N2O2. The van der Waals surface area contributed by atoms with Crippen molar-refractivity contribution in [2.75, 3.05) is 0 Å². The van der Waals surface area contributed by atoms with Gasteiger partial charge in [0.2, 0.25) is 0 Å². The standard InChI is InChI=1S/C8H10F2N2O2/c1-8(9,10)5-4-11(2)7(14)12(3)6(5)13/h4H,1-3H3. The van der Waals surface area contributed by atoms with Crippen LogP contribution in [0.4, 0.5) is 8.78 Å². The van der Waals surface area contributed by atoms with Crippen LogP contribution in [0.3, 0.4) is 0 Å². The van der Waals surface area contributed by atoms with Gasteiger partial charge in [-0.15, -0.1) is 0 Å². The molecule has 6 heteroatoms. The molecule has 1 heterocycles. The SMILES string of the molecule is Cn1cc(C(C)(F)F)c(=O)n(C)c1=O. The number of aryl methyl sites for hydroxylation is 1. The van der Waals surface area contributed by atoms with Crippen LogP contribution in [0.25, 0.3) is 0 Å². The highest BCUT2D eigenvalue weighted by molar-refractivity contribution is 5.11. The lowest BCUT2D eigenvalue weighted by Gasteiger charge is -2.11. The molecule has 0 saturated heterocycles. The number of nitrogens with zero attached hydrogens (tertiary/aromatic N) is 2. The molecule has 4 nitrogen and oxygen atoms in total. The summed E-state index contributed by atoms with van der Waals surface area (Å²) in [6.45, 7) is 0.619. The number of aromatic nitrogens is 2. The molecule has 0 atom stereocenters. The molecule has 1 aromatic rings. The molecule has 1 aromatic heterocycles. The number of alkyl halides is 2. The molecule has 1 rings (SSSR count). The van der Waals surface area contributed by atoms with Gasteiger partial charge in [-0.05, 0) is 0 Å². The molecule has 0 aliphatic rings. The molecule has 0 aliphatic carbocycles. The van der Waals surface area contributed by atoms with Crippen molar-refractivity contribution < 1.29 is 8.78 Å². The molecule has 14 heavy (non-hydrogen) atoms. The Morgan fingerprint density at radius 2 is 1.79 bits per heavy atom. The second-order valence-corrected chi connectivity index (χ2v) is 3.19. The van der Waals surface area contributed by atoms with E-state index in [4.69, 9.17) is 0 Å². The van der Waals surface area contributed by atoms with Gasteiger partial charge < -0.3 is 4.57 Å². The van der Waals surface area contributed by atoms with Crippen molar-refractivity contribution >= 4 is 0 Å². The van der Waals surface area contributed by atoms with Crippen molar-refractivity contribution in [1.29, 1.82) is 0 Å². The van der Waals surface area contributed by atoms with Crippen LogP contribution >= 0.6 is 0 Å². The zero-order valence-electron chi connectivity index (χ0n) is 8.04. The smallest absolute Gasteiger partial charge is 0.303 e. The lowest BCUT2D eigenvalue weighted by Crippen LogP contribution is -2.40. The Hall–Kier alpha value is -1.46. The van der Waals surface area contributed by atoms with Crippen LogP contribution in [0, 0.1) is 0 Å². The minimum Gasteiger partial charge on any atom is -0.303 e. The topological polar surface area (TPSA) is 44.0 Å². The van der Waals surface area contributed by atoms with E-state index in [2.05, 4.69) is 0 Å². The van der Waals surface area contributed by atoms with E-state index in [0.717, 1.165) is 10.8 Å². The highest BCUT2D eigenvalue weighted by Gasteiger charge is 2.29. The molecule has 0 unspecified atom stereocenters. The average Bonchev–Trinajstić information content (AvgIpc) is 2.06. The molecule has 0 radical (unpaired) electrons. The van der Waals surface area contributed by atoms with E-state index in [1.54, 1.807) is 0 Å². The fourth-order valence-electron chi connectivity index (χ4n) is 1.11. The molecule has 0 aliphatic heterocycles. The van der Waals surface area contributed by atoms with Gasteiger partial charge in [-0.3, -0.25) is 9.36 Å². The van der Waals surface area contributed by atoms with Gasteiger partial charge in [0.15, 0.2) is 0 Å². The maximum Gasteiger partial charge on any atom is 0.330 e. The first kappa shape index (κ1) is 10.6. The third kappa shape index (κ3) is 1.59. The monoisotopic (exact) mass is 204 g/mol. The quantitative estimate of drug-likeness (QED) is 0.655. The Balaban J connectivity index is 3.67. The Kier molecular flexibility index (Phi) is 2.31. The maximum absolute atomic E-state index is 12.9. The normalized spacial score (nSPS) is 11.8. The highest BCUT2D eigenvalue weighted by Crippen LogP contribution is 2.22. The predicted molar refractivity (Wildman–Crippen MR) is 46.5 cm³/mol. The van der Waals surface area contributed by atoms with Gasteiger partial charge >= 0.3 is 5.69 Å². The summed E-state index contributed by atoms with van der Waals surface area (Å²) in [4.78, 5) is 22.4. The summed E-state index contributed by atoms with van der Waals surface area (Å²) >= 11 is 0. The molecular weight excluding hydrogens is 194 g/mol. The summed E-state index contributed by atoms with van der Waals surface area (Å²) < 4.78 is 27.4. The lowest BCUT2D eigenvalue weighted by molar-refractivity contribution is 0.0146. The van der Waals surface area contributed by atoms with Gasteiger partial charge in [-0.2, -0.15) is 0 Å². The van der Waals surface area contributed by atoms with Crippen LogP contribution in [0.2, 0.25) is 0 Å². The predicted octanol–water partition coefficient (Wildman–Crippen LogP) is 0.196. The summed E-state index contributed by atoms with van der Waals surface area (Å²) in [5.41, 5.74) is -2.26. The van der Waals surface area contributed by atoms with Crippen molar-refractivity contribution in [3.63, 3.8) is 0 Å². The average molecular weight is 204 g/mol. The summed E-state index contributed by atoms with van der Waals surface area (Å²) in [7, 11) is 2.48. The minimum absolute atomic E-state index is 0.619. The Morgan fingerprint density at radius 3 is 2.21 bits per heavy atom. The molecule has 0 N–H and O–H groups in total. The van der Waals surface area contributed by atoms with E-state index in [0.29, 0.717) is 11.5 Å². The zero-order valence-corrected chi connectivity index (χ0v) is 8.04. The first-order valence-electron chi connectivity index (χ1n) is 3.90. The van der Waals surface area contributed by atoms with Crippen molar-refractivity contribution in [2.24, 2.45) is 14.1 Å². The van der Waals surface area contributed by atoms with Crippen molar-refractivity contribution in [2.45, 2.75) is 12.8 Å². The first-order chi connectivity index (χ1) is 6.25. The molecule has 0 aromatic carbocycles. The zero-order chi connectivity index (χ0) is 11.1. The molecule has 0 fully saturated rings. The third-order valence-electron chi connectivity index (χ3n) is 1.92. The Morgan fingerprint density at radius 1 is 1.29 bits per heavy atom. The Bertz CT molecular complexity index is 468. The molecule has 0 amide bonds. The van der Waals surface area contributed by atoms with E-state index >= 15 is 0 Å². The fraction of sp³-hybridized carbons (Fsp3) is 0.500. The molecule has 0 spiro atoms. The van der Waals surface area contributed by atoms with Crippen LogP contribution in [-0.4, -0.2) is 9.13 Å². The first-order valence-corrected chi connectivity index (χ1v) is 3.90. The number of hydrogen-bond acceptors (Lipinski definition) is 2. The molecule has 0 bridgehead atoms. The van der Waals surface area contributed by atoms with E-state index in [9.17, 15) is 18.4 Å². The van der Waals surface area contributed by atoms with Gasteiger partial charge in [-0.25, -0.2) is 13.6 Å². The summed E-state index contributed by atoms with van der Waals surface area (Å²) in [5.74, 6) is -3.24. The Labute approximate surface area is 78.4 Å². The van der Waals surface area contributed by atoms with Crippen LogP contribution in [0.15, 0.2) is 15.8 Å². The van der Waals surface area contributed by atoms with Gasteiger partial charge in [-0.1, -0.05) is 0 Å². The second-order valence-electron chi connectivity index (χ2n) is 3.19. The minimum atomic E-state index is -3.24. The largest absolute Gasteiger partial charge is 0.330 e. The van der Waals surface area contributed by atoms with Gasteiger partial charge in [0.05, 0.1) is 0 Å². The van der Waals surface area contributed by atoms with Gasteiger partial charge in [0.25, 0.3) is 11.5 Å². The van der Waals surface area contributed by atoms with Gasteiger partial charge in [0.1, 0.15) is 5.56 Å². The number of rotatable bonds is 1. The highest BCUT2D eigenvalue weighted by atomic mass is 19.3. The second kappa shape index (κ2) is 3.04. The van der Waals surface area contributed by atoms with Gasteiger partial charge in [0, 0.05) is 27.2 Å². The van der Waals surface area contributed by atoms with Crippen LogP contribution in [0.1, 0.15) is 12.5 Å². The summed E-state index contributed by atoms with van der Waals surface area (Å²) in [6, 6.07) is 0. The van der Waals surface area contributed by atoms with Crippen LogP contribution < -0.4 is 11.2 Å². The van der Waals surface area contributed by atoms with Crippen molar-refractivity contribution in [3.05, 3.63) is 32.6 Å². The summed E-state index contributed by atoms with van der Waals surface area (Å²) in [5, 5.41) is 0. The maximum atomic E-state index is 12.9. The number of halogens is 2. The summed E-state index contributed by atoms with van der Waals surface area (Å²) in [6.07, 6.45) is 0.866. The van der Waals surface area contributed by atoms with E-state index in [1.165, 1.54) is 14.1 Å². The van der Waals surface area contributed by atoms with E-state index in [1.807, 2.05) is 0 Å². The third-order valence-corrected chi connectivity index (χ3v) is 1.92. The van der Waals surface area contributed by atoms with E-state index in [-0.39, 0.29) is 0 Å². The van der Waals surface area contributed by atoms with Crippen molar-refractivity contribution in [1.82, 2.24) is 9.13 Å². The lowest BCUT2D eigenvalue weighted by atomic mass is 10.2. The number of hydrogen-bond donors (Lipinski definition) is 0. The van der Waals surface area contributed by atoms with Crippen molar-refractivity contribution in [3.8, 4) is 0 Å². The van der Waals surface area contributed by atoms with E-state index < -0.39 is 22.7 Å². The molecule has 0 saturated carbocycles. The van der Waals surface area contributed by atoms with Crippen LogP contribution in [0.5, 0.6) is 0 Å². The van der Waals surface area contributed by atoms with Crippen LogP contribution in [-0.2, 0) is 20.0 Å².